The molecule has 0 unspecified atom stereocenters. The molecule has 3 N–H and O–H groups in total. The van der Waals surface area contributed by atoms with Crippen molar-refractivity contribution in [2.45, 2.75) is 19.8 Å². The van der Waals surface area contributed by atoms with Crippen molar-refractivity contribution in [3.05, 3.63) is 77.6 Å². The van der Waals surface area contributed by atoms with Crippen LogP contribution in [0.5, 0.6) is 5.75 Å². The van der Waals surface area contributed by atoms with Gasteiger partial charge in [0, 0.05) is 28.7 Å². The van der Waals surface area contributed by atoms with Crippen molar-refractivity contribution in [1.82, 2.24) is 4.98 Å². The van der Waals surface area contributed by atoms with E-state index in [9.17, 15) is 0 Å². The molecule has 28 heavy (non-hydrogen) atoms. The number of rotatable bonds is 7. The fraction of sp³-hybridized carbons (Fsp3) is 0.174. The van der Waals surface area contributed by atoms with Crippen molar-refractivity contribution in [2.75, 3.05) is 12.3 Å². The lowest BCUT2D eigenvalue weighted by Crippen LogP contribution is -2.01. The molecule has 3 aromatic rings. The lowest BCUT2D eigenvalue weighted by molar-refractivity contribution is 0.310. The molecule has 0 spiro atoms. The standard InChI is InChI=1S/C23H22N4O/c1-16(25)22-12-19(8-9-23(22)26)20-11-21(15-27-14-20)28-10-2-3-17-4-6-18(13-24)7-5-17/h4-9,11-12,14-15,25H,2-3,10,26H2,1H3. The summed E-state index contributed by atoms with van der Waals surface area (Å²) < 4.78 is 5.85. The van der Waals surface area contributed by atoms with Gasteiger partial charge in [-0.15, -0.1) is 0 Å². The van der Waals surface area contributed by atoms with Crippen LogP contribution in [0, 0.1) is 16.7 Å². The molecule has 0 fully saturated rings. The maximum absolute atomic E-state index is 8.84. The number of anilines is 1. The summed E-state index contributed by atoms with van der Waals surface area (Å²) in [5.74, 6) is 0.710. The summed E-state index contributed by atoms with van der Waals surface area (Å²) in [5.41, 5.74) is 11.4. The zero-order valence-electron chi connectivity index (χ0n) is 15.8. The Kier molecular flexibility index (Phi) is 6.03. The molecule has 0 aliphatic heterocycles. The van der Waals surface area contributed by atoms with Crippen LogP contribution in [0.2, 0.25) is 0 Å². The molecular formula is C23H22N4O. The second-order valence-corrected chi connectivity index (χ2v) is 6.60. The maximum atomic E-state index is 8.84. The van der Waals surface area contributed by atoms with E-state index in [0.29, 0.717) is 29.3 Å². The van der Waals surface area contributed by atoms with E-state index in [0.717, 1.165) is 29.5 Å². The van der Waals surface area contributed by atoms with Gasteiger partial charge in [0.2, 0.25) is 0 Å². The molecule has 5 heteroatoms. The number of nitrogens with two attached hydrogens (primary N) is 1. The second kappa shape index (κ2) is 8.83. The summed E-state index contributed by atoms with van der Waals surface area (Å²) >= 11 is 0. The van der Waals surface area contributed by atoms with Crippen LogP contribution in [0.25, 0.3) is 11.1 Å². The highest BCUT2D eigenvalue weighted by Crippen LogP contribution is 2.26. The monoisotopic (exact) mass is 370 g/mol. The van der Waals surface area contributed by atoms with Gasteiger partial charge in [-0.2, -0.15) is 5.26 Å². The third-order valence-electron chi connectivity index (χ3n) is 4.47. The third-order valence-corrected chi connectivity index (χ3v) is 4.47. The van der Waals surface area contributed by atoms with E-state index in [1.54, 1.807) is 19.3 Å². The molecule has 1 heterocycles. The summed E-state index contributed by atoms with van der Waals surface area (Å²) in [5, 5.41) is 16.7. The number of aryl methyl sites for hydroxylation is 1. The number of hydrogen-bond acceptors (Lipinski definition) is 5. The Bertz CT molecular complexity index is 1020. The largest absolute Gasteiger partial charge is 0.492 e. The summed E-state index contributed by atoms with van der Waals surface area (Å²) in [4.78, 5) is 4.27. The van der Waals surface area contributed by atoms with E-state index in [2.05, 4.69) is 11.1 Å². The number of aromatic nitrogens is 1. The zero-order valence-corrected chi connectivity index (χ0v) is 15.8. The SMILES string of the molecule is CC(=N)c1cc(-c2cncc(OCCCc3ccc(C#N)cc3)c2)ccc1N. The summed E-state index contributed by atoms with van der Waals surface area (Å²) in [6.45, 7) is 2.30. The van der Waals surface area contributed by atoms with Crippen molar-refractivity contribution in [3.63, 3.8) is 0 Å². The van der Waals surface area contributed by atoms with E-state index in [1.165, 1.54) is 5.56 Å². The fourth-order valence-electron chi connectivity index (χ4n) is 2.93. The Morgan fingerprint density at radius 3 is 2.61 bits per heavy atom. The van der Waals surface area contributed by atoms with Gasteiger partial charge in [-0.25, -0.2) is 0 Å². The van der Waals surface area contributed by atoms with Crippen LogP contribution in [0.15, 0.2) is 60.9 Å². The van der Waals surface area contributed by atoms with Gasteiger partial charge >= 0.3 is 0 Å². The Labute approximate surface area is 164 Å². The van der Waals surface area contributed by atoms with Gasteiger partial charge in [0.15, 0.2) is 0 Å². The first-order valence-electron chi connectivity index (χ1n) is 9.09. The highest BCUT2D eigenvalue weighted by atomic mass is 16.5. The molecular weight excluding hydrogens is 348 g/mol. The quantitative estimate of drug-likeness (QED) is 0.361. The molecule has 0 amide bonds. The van der Waals surface area contributed by atoms with Crippen LogP contribution in [-0.4, -0.2) is 17.3 Å². The number of nitriles is 1. The number of benzene rings is 2. The first kappa shape index (κ1) is 19.1. The molecule has 0 saturated heterocycles. The predicted molar refractivity (Wildman–Crippen MR) is 112 cm³/mol. The Hall–Kier alpha value is -3.65. The minimum atomic E-state index is 0.433. The van der Waals surface area contributed by atoms with Crippen molar-refractivity contribution < 1.29 is 4.74 Å². The molecule has 2 aromatic carbocycles. The Balaban J connectivity index is 1.61. The topological polar surface area (TPSA) is 95.8 Å². The molecule has 0 aliphatic rings. The average Bonchev–Trinajstić information content (AvgIpc) is 2.72. The number of nitrogens with one attached hydrogen (secondary N) is 1. The van der Waals surface area contributed by atoms with Crippen LogP contribution < -0.4 is 10.5 Å². The number of ether oxygens (including phenoxy) is 1. The highest BCUT2D eigenvalue weighted by Gasteiger charge is 2.07. The molecule has 0 saturated carbocycles. The summed E-state index contributed by atoms with van der Waals surface area (Å²) in [6.07, 6.45) is 5.23. The van der Waals surface area contributed by atoms with Crippen LogP contribution in [0.4, 0.5) is 5.69 Å². The number of nitrogens with zero attached hydrogens (tertiary/aromatic N) is 2. The molecule has 1 aromatic heterocycles. The average molecular weight is 370 g/mol. The van der Waals surface area contributed by atoms with Crippen LogP contribution in [-0.2, 0) is 6.42 Å². The van der Waals surface area contributed by atoms with Gasteiger partial charge in [0.1, 0.15) is 5.75 Å². The van der Waals surface area contributed by atoms with Gasteiger partial charge in [0.05, 0.1) is 24.4 Å². The van der Waals surface area contributed by atoms with Crippen LogP contribution in [0.3, 0.4) is 0 Å². The van der Waals surface area contributed by atoms with Crippen molar-refractivity contribution in [1.29, 1.82) is 10.7 Å². The van der Waals surface area contributed by atoms with Crippen LogP contribution in [0.1, 0.15) is 30.0 Å². The molecule has 3 rings (SSSR count). The maximum Gasteiger partial charge on any atom is 0.138 e. The predicted octanol–water partition coefficient (Wildman–Crippen LogP) is 4.60. The highest BCUT2D eigenvalue weighted by molar-refractivity contribution is 6.02. The molecule has 0 atom stereocenters. The third kappa shape index (κ3) is 4.74. The minimum Gasteiger partial charge on any atom is -0.492 e. The van der Waals surface area contributed by atoms with Gasteiger partial charge in [-0.05, 0) is 61.2 Å². The van der Waals surface area contributed by atoms with E-state index in [-0.39, 0.29) is 0 Å². The number of nitrogen functional groups attached to an aromatic ring is 1. The molecule has 5 nitrogen and oxygen atoms in total. The number of pyridine rings is 1. The smallest absolute Gasteiger partial charge is 0.138 e. The first-order valence-corrected chi connectivity index (χ1v) is 9.09. The van der Waals surface area contributed by atoms with Crippen molar-refractivity contribution in [3.8, 4) is 22.9 Å². The molecule has 0 radical (unpaired) electrons. The molecule has 0 bridgehead atoms. The Morgan fingerprint density at radius 2 is 1.89 bits per heavy atom. The van der Waals surface area contributed by atoms with Gasteiger partial charge < -0.3 is 15.9 Å². The zero-order chi connectivity index (χ0) is 19.9. The van der Waals surface area contributed by atoms with E-state index in [1.807, 2.05) is 48.5 Å². The van der Waals surface area contributed by atoms with E-state index < -0.39 is 0 Å². The lowest BCUT2D eigenvalue weighted by Gasteiger charge is -2.10. The second-order valence-electron chi connectivity index (χ2n) is 6.60. The number of hydrogen-bond donors (Lipinski definition) is 2. The van der Waals surface area contributed by atoms with Crippen molar-refractivity contribution >= 4 is 11.4 Å². The fourth-order valence-corrected chi connectivity index (χ4v) is 2.93. The summed E-state index contributed by atoms with van der Waals surface area (Å²) in [6, 6.07) is 17.3. The summed E-state index contributed by atoms with van der Waals surface area (Å²) in [7, 11) is 0. The first-order chi connectivity index (χ1) is 13.6. The normalized spacial score (nSPS) is 10.3. The molecule has 0 aliphatic carbocycles. The minimum absolute atomic E-state index is 0.433. The Morgan fingerprint density at radius 1 is 1.11 bits per heavy atom. The van der Waals surface area contributed by atoms with E-state index >= 15 is 0 Å². The van der Waals surface area contributed by atoms with Gasteiger partial charge in [0.25, 0.3) is 0 Å². The van der Waals surface area contributed by atoms with Crippen LogP contribution >= 0.6 is 0 Å². The molecule has 140 valence electrons. The lowest BCUT2D eigenvalue weighted by atomic mass is 10.0. The van der Waals surface area contributed by atoms with E-state index in [4.69, 9.17) is 21.1 Å². The van der Waals surface area contributed by atoms with Crippen molar-refractivity contribution in [2.24, 2.45) is 0 Å². The van der Waals surface area contributed by atoms with Gasteiger partial charge in [-0.3, -0.25) is 4.98 Å². The van der Waals surface area contributed by atoms with Gasteiger partial charge in [-0.1, -0.05) is 18.2 Å².